The molecule has 1 N–H and O–H groups in total. The normalized spacial score (nSPS) is 14.5. The van der Waals surface area contributed by atoms with E-state index in [0.717, 1.165) is 5.56 Å². The van der Waals surface area contributed by atoms with Gasteiger partial charge in [-0.25, -0.2) is 8.42 Å². The number of fused-ring (bicyclic) bond motifs is 1. The molecular formula is C30H27ClN2O5S. The number of nitrogens with zero attached hydrogens (tertiary/aromatic N) is 1. The van der Waals surface area contributed by atoms with E-state index in [2.05, 4.69) is 5.32 Å². The van der Waals surface area contributed by atoms with E-state index in [1.807, 2.05) is 31.2 Å². The fraction of sp³-hybridized carbons (Fsp3) is 0.167. The second-order valence-electron chi connectivity index (χ2n) is 9.16. The Morgan fingerprint density at radius 1 is 0.949 bits per heavy atom. The lowest BCUT2D eigenvalue weighted by Gasteiger charge is -2.27. The Morgan fingerprint density at radius 2 is 1.64 bits per heavy atom. The molecule has 200 valence electrons. The summed E-state index contributed by atoms with van der Waals surface area (Å²) in [4.78, 5) is 13.0. The van der Waals surface area contributed by atoms with Gasteiger partial charge in [0.15, 0.2) is 11.5 Å². The van der Waals surface area contributed by atoms with Gasteiger partial charge in [0, 0.05) is 10.6 Å². The van der Waals surface area contributed by atoms with Crippen molar-refractivity contribution in [2.75, 3.05) is 17.5 Å². The van der Waals surface area contributed by atoms with Crippen LogP contribution < -0.4 is 19.1 Å². The zero-order valence-electron chi connectivity index (χ0n) is 21.2. The highest BCUT2D eigenvalue weighted by Gasteiger charge is 2.27. The molecule has 9 heteroatoms. The van der Waals surface area contributed by atoms with Crippen LogP contribution in [0.25, 0.3) is 0 Å². The molecule has 7 nitrogen and oxygen atoms in total. The molecule has 1 atom stereocenters. The van der Waals surface area contributed by atoms with Gasteiger partial charge in [-0.1, -0.05) is 60.1 Å². The lowest BCUT2D eigenvalue weighted by Crippen LogP contribution is -2.40. The number of para-hydroxylation sites is 2. The quantitative estimate of drug-likeness (QED) is 0.301. The molecule has 4 aromatic rings. The van der Waals surface area contributed by atoms with Crippen LogP contribution in [0.15, 0.2) is 102 Å². The molecule has 0 spiro atoms. The topological polar surface area (TPSA) is 84.9 Å². The van der Waals surface area contributed by atoms with E-state index in [1.54, 1.807) is 72.8 Å². The monoisotopic (exact) mass is 562 g/mol. The van der Waals surface area contributed by atoms with Gasteiger partial charge >= 0.3 is 0 Å². The number of amides is 1. The van der Waals surface area contributed by atoms with Crippen molar-refractivity contribution >= 4 is 33.2 Å². The number of anilines is 1. The van der Waals surface area contributed by atoms with Crippen LogP contribution in [0, 0.1) is 6.92 Å². The fourth-order valence-corrected chi connectivity index (χ4v) is 5.97. The highest BCUT2D eigenvalue weighted by Crippen LogP contribution is 2.32. The van der Waals surface area contributed by atoms with Crippen molar-refractivity contribution in [1.82, 2.24) is 5.32 Å². The predicted octanol–water partition coefficient (Wildman–Crippen LogP) is 5.61. The smallest absolute Gasteiger partial charge is 0.264 e. The number of halogens is 1. The van der Waals surface area contributed by atoms with Gasteiger partial charge in [0.1, 0.15) is 12.7 Å². The van der Waals surface area contributed by atoms with Gasteiger partial charge in [0.05, 0.1) is 23.7 Å². The van der Waals surface area contributed by atoms with Crippen LogP contribution in [-0.4, -0.2) is 33.6 Å². The number of hydrogen-bond acceptors (Lipinski definition) is 5. The fourth-order valence-electron chi connectivity index (χ4n) is 4.27. The third-order valence-electron chi connectivity index (χ3n) is 6.37. The molecule has 5 rings (SSSR count). The van der Waals surface area contributed by atoms with Gasteiger partial charge in [-0.05, 0) is 66.6 Å². The third kappa shape index (κ3) is 6.02. The lowest BCUT2D eigenvalue weighted by atomic mass is 10.1. The predicted molar refractivity (Wildman–Crippen MR) is 151 cm³/mol. The number of sulfonamides is 1. The molecule has 0 aliphatic carbocycles. The standard InChI is InChI=1S/C30H27ClN2O5S/c1-21-11-16-24(31)17-27(21)33(39(35,36)26-7-3-2-4-8-26)19-22-12-14-23(15-13-22)30(34)32-18-25-20-37-28-9-5-6-10-29(28)38-25/h2-17,25H,18-20H2,1H3,(H,32,34)/t25-/m1/s1. The third-order valence-corrected chi connectivity index (χ3v) is 8.38. The summed E-state index contributed by atoms with van der Waals surface area (Å²) < 4.78 is 40.3. The molecule has 4 aromatic carbocycles. The number of carbonyl (C=O) groups is 1. The van der Waals surface area contributed by atoms with Crippen molar-refractivity contribution in [1.29, 1.82) is 0 Å². The summed E-state index contributed by atoms with van der Waals surface area (Å²) in [5.74, 6) is 1.08. The minimum Gasteiger partial charge on any atom is -0.486 e. The first-order valence-corrected chi connectivity index (χ1v) is 14.2. The van der Waals surface area contributed by atoms with E-state index >= 15 is 0 Å². The van der Waals surface area contributed by atoms with Crippen LogP contribution in [0.4, 0.5) is 5.69 Å². The Hall–Kier alpha value is -4.01. The second kappa shape index (κ2) is 11.4. The lowest BCUT2D eigenvalue weighted by molar-refractivity contribution is 0.0789. The molecule has 1 amide bonds. The van der Waals surface area contributed by atoms with E-state index in [9.17, 15) is 13.2 Å². The molecule has 0 bridgehead atoms. The molecule has 1 aliphatic heterocycles. The van der Waals surface area contributed by atoms with Crippen LogP contribution in [-0.2, 0) is 16.6 Å². The Balaban J connectivity index is 1.31. The molecule has 0 saturated heterocycles. The molecule has 0 aromatic heterocycles. The zero-order chi connectivity index (χ0) is 27.4. The van der Waals surface area contributed by atoms with Gasteiger partial charge in [-0.15, -0.1) is 0 Å². The van der Waals surface area contributed by atoms with Crippen molar-refractivity contribution < 1.29 is 22.7 Å². The van der Waals surface area contributed by atoms with Crippen molar-refractivity contribution in [2.45, 2.75) is 24.5 Å². The van der Waals surface area contributed by atoms with Crippen molar-refractivity contribution in [3.05, 3.63) is 119 Å². The molecular weight excluding hydrogens is 536 g/mol. The maximum Gasteiger partial charge on any atom is 0.264 e. The minimum atomic E-state index is -3.89. The average Bonchev–Trinajstić information content (AvgIpc) is 2.96. The molecule has 0 fully saturated rings. The Bertz CT molecular complexity index is 1580. The Morgan fingerprint density at radius 3 is 2.38 bits per heavy atom. The summed E-state index contributed by atoms with van der Waals surface area (Å²) in [5.41, 5.74) is 2.43. The number of rotatable bonds is 8. The summed E-state index contributed by atoms with van der Waals surface area (Å²) in [7, 11) is -3.89. The molecule has 39 heavy (non-hydrogen) atoms. The van der Waals surface area contributed by atoms with Crippen molar-refractivity contribution in [3.63, 3.8) is 0 Å². The first-order chi connectivity index (χ1) is 18.8. The first kappa shape index (κ1) is 26.6. The number of carbonyl (C=O) groups excluding carboxylic acids is 1. The van der Waals surface area contributed by atoms with Gasteiger partial charge in [0.25, 0.3) is 15.9 Å². The van der Waals surface area contributed by atoms with E-state index < -0.39 is 10.0 Å². The van der Waals surface area contributed by atoms with Crippen molar-refractivity contribution in [3.8, 4) is 11.5 Å². The second-order valence-corrected chi connectivity index (χ2v) is 11.5. The summed E-state index contributed by atoms with van der Waals surface area (Å²) in [5, 5.41) is 3.32. The highest BCUT2D eigenvalue weighted by atomic mass is 35.5. The van der Waals surface area contributed by atoms with Crippen LogP contribution >= 0.6 is 11.6 Å². The maximum absolute atomic E-state index is 13.7. The summed E-state index contributed by atoms with van der Waals surface area (Å²) in [6.45, 7) is 2.52. The largest absolute Gasteiger partial charge is 0.486 e. The molecule has 1 heterocycles. The number of aryl methyl sites for hydroxylation is 1. The SMILES string of the molecule is Cc1ccc(Cl)cc1N(Cc1ccc(C(=O)NC[C@@H]2COc3ccccc3O2)cc1)S(=O)(=O)c1ccccc1. The minimum absolute atomic E-state index is 0.0625. The Labute approximate surface area is 233 Å². The van der Waals surface area contributed by atoms with Crippen LogP contribution in [0.5, 0.6) is 11.5 Å². The van der Waals surface area contributed by atoms with Crippen LogP contribution in [0.3, 0.4) is 0 Å². The zero-order valence-corrected chi connectivity index (χ0v) is 22.8. The first-order valence-electron chi connectivity index (χ1n) is 12.4. The van der Waals surface area contributed by atoms with Crippen molar-refractivity contribution in [2.24, 2.45) is 0 Å². The van der Waals surface area contributed by atoms with Gasteiger partial charge in [-0.3, -0.25) is 9.10 Å². The van der Waals surface area contributed by atoms with E-state index in [1.165, 1.54) is 4.31 Å². The summed E-state index contributed by atoms with van der Waals surface area (Å²) in [6, 6.07) is 27.7. The van der Waals surface area contributed by atoms with Crippen LogP contribution in [0.1, 0.15) is 21.5 Å². The summed E-state index contributed by atoms with van der Waals surface area (Å²) >= 11 is 6.24. The summed E-state index contributed by atoms with van der Waals surface area (Å²) in [6.07, 6.45) is -0.305. The van der Waals surface area contributed by atoms with E-state index in [-0.39, 0.29) is 30.0 Å². The van der Waals surface area contributed by atoms with Crippen LogP contribution in [0.2, 0.25) is 5.02 Å². The van der Waals surface area contributed by atoms with Gasteiger partial charge in [-0.2, -0.15) is 0 Å². The maximum atomic E-state index is 13.7. The number of benzene rings is 4. The molecule has 1 aliphatic rings. The van der Waals surface area contributed by atoms with Gasteiger partial charge in [0.2, 0.25) is 0 Å². The highest BCUT2D eigenvalue weighted by molar-refractivity contribution is 7.92. The van der Waals surface area contributed by atoms with Gasteiger partial charge < -0.3 is 14.8 Å². The number of nitrogens with one attached hydrogen (secondary N) is 1. The number of hydrogen-bond donors (Lipinski definition) is 1. The number of ether oxygens (including phenoxy) is 2. The molecule has 0 unspecified atom stereocenters. The van der Waals surface area contributed by atoms with E-state index in [0.29, 0.717) is 39.9 Å². The molecule has 0 saturated carbocycles. The Kier molecular flexibility index (Phi) is 7.77. The van der Waals surface area contributed by atoms with E-state index in [4.69, 9.17) is 21.1 Å². The average molecular weight is 563 g/mol. The molecule has 0 radical (unpaired) electrons.